The number of ether oxygens (including phenoxy) is 2. The zero-order chi connectivity index (χ0) is 22.2. The van der Waals surface area contributed by atoms with Crippen molar-refractivity contribution in [1.82, 2.24) is 19.7 Å². The zero-order valence-electron chi connectivity index (χ0n) is 17.7. The molecule has 2 aromatic carbocycles. The van der Waals surface area contributed by atoms with Crippen LogP contribution in [0.2, 0.25) is 5.02 Å². The van der Waals surface area contributed by atoms with E-state index in [1.807, 2.05) is 50.2 Å². The topological polar surface area (TPSA) is 94.1 Å². The van der Waals surface area contributed by atoms with Crippen molar-refractivity contribution in [3.8, 4) is 17.4 Å². The summed E-state index contributed by atoms with van der Waals surface area (Å²) >= 11 is 6.39. The molecule has 0 saturated carbocycles. The minimum atomic E-state index is -0.466. The van der Waals surface area contributed by atoms with E-state index in [1.54, 1.807) is 0 Å². The molecule has 0 unspecified atom stereocenters. The highest BCUT2D eigenvalue weighted by Crippen LogP contribution is 2.35. The van der Waals surface area contributed by atoms with Crippen LogP contribution < -0.4 is 20.3 Å². The largest absolute Gasteiger partial charge is 0.494 e. The van der Waals surface area contributed by atoms with Crippen molar-refractivity contribution in [1.29, 1.82) is 0 Å². The van der Waals surface area contributed by atoms with Crippen molar-refractivity contribution in [2.45, 2.75) is 32.9 Å². The number of fused-ring (bicyclic) bond motifs is 2. The predicted octanol–water partition coefficient (Wildman–Crippen LogP) is 4.10. The van der Waals surface area contributed by atoms with E-state index in [4.69, 9.17) is 21.1 Å². The maximum absolute atomic E-state index is 12.9. The molecule has 0 saturated heterocycles. The first kappa shape index (κ1) is 20.4. The van der Waals surface area contributed by atoms with E-state index >= 15 is 0 Å². The van der Waals surface area contributed by atoms with Gasteiger partial charge in [-0.15, -0.1) is 0 Å². The van der Waals surface area contributed by atoms with E-state index < -0.39 is 5.56 Å². The number of H-pyrrole nitrogens is 1. The van der Waals surface area contributed by atoms with Gasteiger partial charge < -0.3 is 19.8 Å². The minimum absolute atomic E-state index is 0.0319. The zero-order valence-corrected chi connectivity index (χ0v) is 18.4. The summed E-state index contributed by atoms with van der Waals surface area (Å²) in [7, 11) is 0. The first-order chi connectivity index (χ1) is 15.5. The molecule has 164 valence electrons. The predicted molar refractivity (Wildman–Crippen MR) is 123 cm³/mol. The molecule has 0 bridgehead atoms. The van der Waals surface area contributed by atoms with Crippen molar-refractivity contribution in [3.63, 3.8) is 0 Å². The number of aromatic nitrogens is 4. The Morgan fingerprint density at radius 3 is 3.00 bits per heavy atom. The summed E-state index contributed by atoms with van der Waals surface area (Å²) in [6.45, 7) is 4.94. The lowest BCUT2D eigenvalue weighted by Gasteiger charge is -2.14. The number of rotatable bonds is 6. The van der Waals surface area contributed by atoms with Crippen LogP contribution in [0.4, 0.5) is 5.69 Å². The molecule has 1 aliphatic heterocycles. The van der Waals surface area contributed by atoms with Gasteiger partial charge >= 0.3 is 0 Å². The molecule has 3 heterocycles. The van der Waals surface area contributed by atoms with Crippen molar-refractivity contribution in [2.24, 2.45) is 0 Å². The standard InChI is InChI=1S/C23H22ClN5O3/c1-3-31-19-9-14-8-13(2)32-20(14)10-15(19)11-25-18-12-26-29(22(30)21(18)24)23-27-16-6-4-5-7-17(16)28-23/h4-7,9-10,12-13,25H,3,8,11H2,1-2H3,(H,27,28)/t13-/m1/s1. The van der Waals surface area contributed by atoms with Gasteiger partial charge in [0.05, 0.1) is 29.5 Å². The molecule has 5 rings (SSSR count). The third-order valence-electron chi connectivity index (χ3n) is 5.34. The van der Waals surface area contributed by atoms with Crippen LogP contribution in [0.15, 0.2) is 47.4 Å². The number of benzene rings is 2. The summed E-state index contributed by atoms with van der Waals surface area (Å²) in [4.78, 5) is 20.4. The molecule has 8 nitrogen and oxygen atoms in total. The first-order valence-corrected chi connectivity index (χ1v) is 10.8. The molecule has 0 fully saturated rings. The van der Waals surface area contributed by atoms with Crippen molar-refractivity contribution in [2.75, 3.05) is 11.9 Å². The number of nitrogens with zero attached hydrogens (tertiary/aromatic N) is 3. The van der Waals surface area contributed by atoms with E-state index in [0.29, 0.717) is 24.8 Å². The van der Waals surface area contributed by atoms with Gasteiger partial charge in [-0.1, -0.05) is 23.7 Å². The molecule has 4 aromatic rings. The normalized spacial score (nSPS) is 14.9. The Kier molecular flexibility index (Phi) is 5.22. The fourth-order valence-electron chi connectivity index (χ4n) is 3.85. The van der Waals surface area contributed by atoms with E-state index in [2.05, 4.69) is 20.4 Å². The molecule has 1 aliphatic rings. The second-order valence-electron chi connectivity index (χ2n) is 7.65. The number of nitrogens with one attached hydrogen (secondary N) is 2. The van der Waals surface area contributed by atoms with Crippen LogP contribution >= 0.6 is 11.6 Å². The van der Waals surface area contributed by atoms with Gasteiger partial charge in [0.15, 0.2) is 0 Å². The van der Waals surface area contributed by atoms with Gasteiger partial charge in [0.2, 0.25) is 5.95 Å². The van der Waals surface area contributed by atoms with Crippen molar-refractivity contribution >= 4 is 28.3 Å². The molecular weight excluding hydrogens is 430 g/mol. The Morgan fingerprint density at radius 2 is 2.19 bits per heavy atom. The summed E-state index contributed by atoms with van der Waals surface area (Å²) in [6, 6.07) is 11.5. The highest BCUT2D eigenvalue weighted by Gasteiger charge is 2.22. The molecule has 0 radical (unpaired) electrons. The summed E-state index contributed by atoms with van der Waals surface area (Å²) < 4.78 is 12.9. The summed E-state index contributed by atoms with van der Waals surface area (Å²) in [5, 5.41) is 7.49. The van der Waals surface area contributed by atoms with E-state index in [-0.39, 0.29) is 11.1 Å². The minimum Gasteiger partial charge on any atom is -0.494 e. The van der Waals surface area contributed by atoms with Crippen molar-refractivity contribution in [3.05, 3.63) is 69.1 Å². The number of para-hydroxylation sites is 2. The van der Waals surface area contributed by atoms with Gasteiger partial charge in [0.1, 0.15) is 22.6 Å². The smallest absolute Gasteiger partial charge is 0.295 e. The number of anilines is 1. The molecule has 0 amide bonds. The maximum Gasteiger partial charge on any atom is 0.295 e. The highest BCUT2D eigenvalue weighted by molar-refractivity contribution is 6.32. The molecule has 1 atom stereocenters. The summed E-state index contributed by atoms with van der Waals surface area (Å²) in [6.07, 6.45) is 2.52. The third kappa shape index (κ3) is 3.67. The van der Waals surface area contributed by atoms with Crippen LogP contribution in [0.3, 0.4) is 0 Å². The molecule has 2 N–H and O–H groups in total. The molecule has 2 aromatic heterocycles. The Morgan fingerprint density at radius 1 is 1.34 bits per heavy atom. The van der Waals surface area contributed by atoms with E-state index in [1.165, 1.54) is 6.20 Å². The summed E-state index contributed by atoms with van der Waals surface area (Å²) in [5.74, 6) is 1.96. The number of imidazole rings is 1. The van der Waals surface area contributed by atoms with Crippen LogP contribution in [-0.4, -0.2) is 32.5 Å². The van der Waals surface area contributed by atoms with Gasteiger partial charge in [0.25, 0.3) is 5.56 Å². The monoisotopic (exact) mass is 451 g/mol. The summed E-state index contributed by atoms with van der Waals surface area (Å²) in [5.41, 5.74) is 3.57. The molecular formula is C23H22ClN5O3. The second kappa shape index (κ2) is 8.20. The number of halogens is 1. The molecule has 0 aliphatic carbocycles. The van der Waals surface area contributed by atoms with Gasteiger partial charge in [0, 0.05) is 24.1 Å². The fraction of sp³-hybridized carbons (Fsp3) is 0.261. The average Bonchev–Trinajstić information content (AvgIpc) is 3.36. The quantitative estimate of drug-likeness (QED) is 0.458. The number of hydrogen-bond donors (Lipinski definition) is 2. The number of hydrogen-bond acceptors (Lipinski definition) is 6. The Balaban J connectivity index is 1.42. The lowest BCUT2D eigenvalue weighted by molar-refractivity contribution is 0.254. The van der Waals surface area contributed by atoms with Crippen molar-refractivity contribution < 1.29 is 9.47 Å². The third-order valence-corrected chi connectivity index (χ3v) is 5.71. The number of aromatic amines is 1. The van der Waals surface area contributed by atoms with Crippen LogP contribution in [0.1, 0.15) is 25.0 Å². The average molecular weight is 452 g/mol. The molecule has 0 spiro atoms. The lowest BCUT2D eigenvalue weighted by Crippen LogP contribution is -2.23. The second-order valence-corrected chi connectivity index (χ2v) is 8.03. The van der Waals surface area contributed by atoms with Crippen LogP contribution in [-0.2, 0) is 13.0 Å². The van der Waals surface area contributed by atoms with Crippen LogP contribution in [0.5, 0.6) is 11.5 Å². The lowest BCUT2D eigenvalue weighted by atomic mass is 10.1. The Labute approximate surface area is 189 Å². The Bertz CT molecular complexity index is 1330. The first-order valence-electron chi connectivity index (χ1n) is 10.5. The highest BCUT2D eigenvalue weighted by atomic mass is 35.5. The fourth-order valence-corrected chi connectivity index (χ4v) is 4.04. The maximum atomic E-state index is 12.9. The van der Waals surface area contributed by atoms with Crippen LogP contribution in [0, 0.1) is 0 Å². The van der Waals surface area contributed by atoms with E-state index in [9.17, 15) is 4.79 Å². The SMILES string of the molecule is CCOc1cc2c(cc1CNc1cnn(-c3nc4ccccc4[nH]3)c(=O)c1Cl)O[C@H](C)C2. The molecule has 9 heteroatoms. The van der Waals surface area contributed by atoms with Gasteiger partial charge in [-0.25, -0.2) is 4.98 Å². The van der Waals surface area contributed by atoms with E-state index in [0.717, 1.165) is 44.8 Å². The van der Waals surface area contributed by atoms with Gasteiger partial charge in [-0.05, 0) is 38.1 Å². The molecule has 32 heavy (non-hydrogen) atoms. The van der Waals surface area contributed by atoms with Gasteiger partial charge in [-0.3, -0.25) is 4.79 Å². The van der Waals surface area contributed by atoms with Crippen LogP contribution in [0.25, 0.3) is 17.0 Å². The van der Waals surface area contributed by atoms with Gasteiger partial charge in [-0.2, -0.15) is 9.78 Å². The Hall–Kier alpha value is -3.52.